The predicted octanol–water partition coefficient (Wildman–Crippen LogP) is 5.57. The molecule has 1 aliphatic rings. The lowest BCUT2D eigenvalue weighted by atomic mass is 10.0. The molecule has 22 heavy (non-hydrogen) atoms. The largest absolute Gasteiger partial charge is 0.434 e. The number of halogens is 2. The van der Waals surface area contributed by atoms with Crippen LogP contribution in [-0.4, -0.2) is 6.61 Å². The van der Waals surface area contributed by atoms with Crippen LogP contribution in [0.5, 0.6) is 5.75 Å². The predicted molar refractivity (Wildman–Crippen MR) is 85.5 cm³/mol. The quantitative estimate of drug-likeness (QED) is 0.727. The SMILES string of the molecule is CCC1=CC(C)CC=C(c2cc(C#N)ccc2OC(F)F)S1. The monoisotopic (exact) mass is 321 g/mol. The van der Waals surface area contributed by atoms with E-state index < -0.39 is 6.61 Å². The van der Waals surface area contributed by atoms with Crippen LogP contribution in [0.4, 0.5) is 8.78 Å². The third-order valence-corrected chi connectivity index (χ3v) is 4.62. The molecule has 5 heteroatoms. The lowest BCUT2D eigenvalue weighted by molar-refractivity contribution is -0.0500. The number of hydrogen-bond donors (Lipinski definition) is 0. The Morgan fingerprint density at radius 3 is 2.86 bits per heavy atom. The Bertz CT molecular complexity index is 647. The van der Waals surface area contributed by atoms with E-state index in [1.54, 1.807) is 17.8 Å². The highest BCUT2D eigenvalue weighted by Crippen LogP contribution is 2.42. The second kappa shape index (κ2) is 7.46. The fraction of sp³-hybridized carbons (Fsp3) is 0.353. The van der Waals surface area contributed by atoms with Crippen LogP contribution in [0.2, 0.25) is 0 Å². The molecule has 1 unspecified atom stereocenters. The van der Waals surface area contributed by atoms with E-state index in [1.165, 1.54) is 17.0 Å². The molecule has 1 aromatic carbocycles. The summed E-state index contributed by atoms with van der Waals surface area (Å²) in [4.78, 5) is 2.06. The number of allylic oxidation sites excluding steroid dienone is 3. The molecule has 2 nitrogen and oxygen atoms in total. The number of thioether (sulfide) groups is 1. The fourth-order valence-corrected chi connectivity index (χ4v) is 3.42. The van der Waals surface area contributed by atoms with Gasteiger partial charge in [0.15, 0.2) is 0 Å². The molecule has 116 valence electrons. The average Bonchev–Trinajstić information content (AvgIpc) is 2.68. The first-order chi connectivity index (χ1) is 10.5. The number of hydrogen-bond acceptors (Lipinski definition) is 3. The van der Waals surface area contributed by atoms with E-state index in [4.69, 9.17) is 5.26 Å². The molecule has 2 rings (SSSR count). The first-order valence-electron chi connectivity index (χ1n) is 7.11. The fourth-order valence-electron chi connectivity index (χ4n) is 2.24. The molecular formula is C17H17F2NOS. The van der Waals surface area contributed by atoms with Gasteiger partial charge in [-0.05, 0) is 41.9 Å². The zero-order valence-electron chi connectivity index (χ0n) is 12.5. The molecule has 0 N–H and O–H groups in total. The molecule has 0 amide bonds. The van der Waals surface area contributed by atoms with E-state index in [2.05, 4.69) is 24.7 Å². The minimum absolute atomic E-state index is 0.109. The van der Waals surface area contributed by atoms with Gasteiger partial charge in [0.25, 0.3) is 0 Å². The Morgan fingerprint density at radius 1 is 1.45 bits per heavy atom. The van der Waals surface area contributed by atoms with E-state index in [0.717, 1.165) is 17.7 Å². The first kappa shape index (κ1) is 16.6. The molecule has 0 saturated carbocycles. The van der Waals surface area contributed by atoms with Crippen LogP contribution in [0.3, 0.4) is 0 Å². The normalized spacial score (nSPS) is 18.3. The third kappa shape index (κ3) is 4.11. The van der Waals surface area contributed by atoms with Gasteiger partial charge < -0.3 is 4.74 Å². The molecule has 0 fully saturated rings. The van der Waals surface area contributed by atoms with Crippen LogP contribution in [0.1, 0.15) is 37.8 Å². The molecular weight excluding hydrogens is 304 g/mol. The van der Waals surface area contributed by atoms with Crippen molar-refractivity contribution < 1.29 is 13.5 Å². The van der Waals surface area contributed by atoms with Crippen molar-refractivity contribution >= 4 is 16.7 Å². The smallest absolute Gasteiger partial charge is 0.387 e. The molecule has 1 heterocycles. The Kier molecular flexibility index (Phi) is 5.62. The highest BCUT2D eigenvalue weighted by atomic mass is 32.2. The van der Waals surface area contributed by atoms with Crippen molar-refractivity contribution in [1.82, 2.24) is 0 Å². The van der Waals surface area contributed by atoms with E-state index in [0.29, 0.717) is 17.0 Å². The van der Waals surface area contributed by atoms with Gasteiger partial charge in [-0.3, -0.25) is 0 Å². The van der Waals surface area contributed by atoms with Gasteiger partial charge in [-0.1, -0.05) is 37.8 Å². The molecule has 1 aromatic rings. The van der Waals surface area contributed by atoms with Crippen LogP contribution >= 0.6 is 11.8 Å². The average molecular weight is 321 g/mol. The first-order valence-corrected chi connectivity index (χ1v) is 7.93. The van der Waals surface area contributed by atoms with E-state index in [1.807, 2.05) is 12.1 Å². The highest BCUT2D eigenvalue weighted by Gasteiger charge is 2.18. The van der Waals surface area contributed by atoms with Crippen LogP contribution in [0, 0.1) is 17.2 Å². The van der Waals surface area contributed by atoms with Crippen molar-refractivity contribution in [3.63, 3.8) is 0 Å². The molecule has 0 radical (unpaired) electrons. The summed E-state index contributed by atoms with van der Waals surface area (Å²) in [5, 5.41) is 9.05. The second-order valence-corrected chi connectivity index (χ2v) is 6.24. The van der Waals surface area contributed by atoms with Crippen LogP contribution in [0.25, 0.3) is 4.91 Å². The van der Waals surface area contributed by atoms with Crippen LogP contribution in [0.15, 0.2) is 35.3 Å². The molecule has 0 saturated heterocycles. The Morgan fingerprint density at radius 2 is 2.23 bits per heavy atom. The van der Waals surface area contributed by atoms with Gasteiger partial charge in [-0.2, -0.15) is 14.0 Å². The maximum Gasteiger partial charge on any atom is 0.387 e. The van der Waals surface area contributed by atoms with Gasteiger partial charge in [-0.25, -0.2) is 0 Å². The molecule has 1 atom stereocenters. The van der Waals surface area contributed by atoms with Gasteiger partial charge in [0.05, 0.1) is 11.6 Å². The standard InChI is InChI=1S/C17H17F2NOS/c1-3-13-8-11(2)4-7-16(22-13)14-9-12(10-20)5-6-15(14)21-17(18)19/h5-9,11,17H,3-4H2,1-2H3. The van der Waals surface area contributed by atoms with Crippen molar-refractivity contribution in [2.24, 2.45) is 5.92 Å². The number of rotatable bonds is 4. The van der Waals surface area contributed by atoms with Gasteiger partial charge in [0, 0.05) is 10.5 Å². The summed E-state index contributed by atoms with van der Waals surface area (Å²) < 4.78 is 29.8. The maximum absolute atomic E-state index is 12.6. The van der Waals surface area contributed by atoms with Crippen molar-refractivity contribution in [1.29, 1.82) is 5.26 Å². The topological polar surface area (TPSA) is 33.0 Å². The van der Waals surface area contributed by atoms with E-state index in [-0.39, 0.29) is 5.75 Å². The Hall–Kier alpha value is -1.80. The van der Waals surface area contributed by atoms with Crippen LogP contribution < -0.4 is 4.74 Å². The minimum Gasteiger partial charge on any atom is -0.434 e. The Balaban J connectivity index is 2.45. The van der Waals surface area contributed by atoms with Gasteiger partial charge >= 0.3 is 6.61 Å². The second-order valence-electron chi connectivity index (χ2n) is 5.07. The van der Waals surface area contributed by atoms with Gasteiger partial charge in [0.2, 0.25) is 0 Å². The zero-order chi connectivity index (χ0) is 16.1. The summed E-state index contributed by atoms with van der Waals surface area (Å²) in [5.74, 6) is 0.510. The lowest BCUT2D eigenvalue weighted by Gasteiger charge is -2.14. The van der Waals surface area contributed by atoms with Crippen molar-refractivity contribution in [3.05, 3.63) is 46.4 Å². The number of ether oxygens (including phenoxy) is 1. The third-order valence-electron chi connectivity index (χ3n) is 3.33. The van der Waals surface area contributed by atoms with Crippen LogP contribution in [-0.2, 0) is 0 Å². The van der Waals surface area contributed by atoms with E-state index >= 15 is 0 Å². The molecule has 1 aliphatic heterocycles. The van der Waals surface area contributed by atoms with Gasteiger partial charge in [0.1, 0.15) is 5.75 Å². The summed E-state index contributed by atoms with van der Waals surface area (Å²) in [7, 11) is 0. The summed E-state index contributed by atoms with van der Waals surface area (Å²) >= 11 is 1.56. The van der Waals surface area contributed by atoms with Crippen molar-refractivity contribution in [3.8, 4) is 11.8 Å². The zero-order valence-corrected chi connectivity index (χ0v) is 13.3. The minimum atomic E-state index is -2.89. The number of benzene rings is 1. The van der Waals surface area contributed by atoms with Crippen molar-refractivity contribution in [2.75, 3.05) is 0 Å². The molecule has 0 spiro atoms. The maximum atomic E-state index is 12.6. The summed E-state index contributed by atoms with van der Waals surface area (Å²) in [6.45, 7) is 1.30. The number of alkyl halides is 2. The molecule has 0 aromatic heterocycles. The lowest BCUT2D eigenvalue weighted by Crippen LogP contribution is -2.04. The number of nitriles is 1. The molecule has 0 aliphatic carbocycles. The Labute approximate surface area is 133 Å². The van der Waals surface area contributed by atoms with Crippen molar-refractivity contribution in [2.45, 2.75) is 33.3 Å². The summed E-state index contributed by atoms with van der Waals surface area (Å²) in [6, 6.07) is 6.58. The van der Waals surface area contributed by atoms with Gasteiger partial charge in [-0.15, -0.1) is 0 Å². The molecule has 0 bridgehead atoms. The summed E-state index contributed by atoms with van der Waals surface area (Å²) in [6.07, 6.45) is 5.95. The highest BCUT2D eigenvalue weighted by molar-refractivity contribution is 8.11. The number of nitrogens with zero attached hydrogens (tertiary/aromatic N) is 1. The van der Waals surface area contributed by atoms with E-state index in [9.17, 15) is 8.78 Å². The summed E-state index contributed by atoms with van der Waals surface area (Å²) in [5.41, 5.74) is 0.982.